The summed E-state index contributed by atoms with van der Waals surface area (Å²) in [6.45, 7) is 5.74. The third kappa shape index (κ3) is 3.61. The number of benzene rings is 2. The van der Waals surface area contributed by atoms with Crippen LogP contribution in [0.1, 0.15) is 55.7 Å². The molecule has 2 aromatic rings. The Morgan fingerprint density at radius 1 is 1.08 bits per heavy atom. The quantitative estimate of drug-likeness (QED) is 0.688. The molecule has 0 amide bonds. The van der Waals surface area contributed by atoms with Crippen LogP contribution in [-0.4, -0.2) is 4.89 Å². The lowest BCUT2D eigenvalue weighted by molar-refractivity contribution is -0.0994. The SMILES string of the molecule is C[C@H](N)c1ccccc1C1OP(=O)(O)O[C@@H](c2ccccc2Cl)C1(C)C. The summed E-state index contributed by atoms with van der Waals surface area (Å²) in [4.78, 5) is 10.2. The maximum Gasteiger partial charge on any atom is 0.473 e. The molecule has 0 saturated carbocycles. The van der Waals surface area contributed by atoms with Crippen LogP contribution in [0.4, 0.5) is 0 Å². The van der Waals surface area contributed by atoms with E-state index >= 15 is 0 Å². The number of phosphoric ester groups is 1. The molecule has 1 heterocycles. The Balaban J connectivity index is 2.15. The van der Waals surface area contributed by atoms with E-state index in [9.17, 15) is 9.46 Å². The highest BCUT2D eigenvalue weighted by Gasteiger charge is 2.52. The molecule has 0 spiro atoms. The van der Waals surface area contributed by atoms with E-state index in [1.54, 1.807) is 18.2 Å². The number of rotatable bonds is 3. The predicted molar refractivity (Wildman–Crippen MR) is 102 cm³/mol. The highest BCUT2D eigenvalue weighted by Crippen LogP contribution is 2.66. The molecule has 2 aromatic carbocycles. The Morgan fingerprint density at radius 2 is 1.58 bits per heavy atom. The minimum absolute atomic E-state index is 0.245. The zero-order chi connectivity index (χ0) is 19.1. The number of hydrogen-bond acceptors (Lipinski definition) is 4. The summed E-state index contributed by atoms with van der Waals surface area (Å²) in [5, 5.41) is 0.478. The molecule has 1 fully saturated rings. The number of halogens is 1. The van der Waals surface area contributed by atoms with Gasteiger partial charge in [-0.25, -0.2) is 4.57 Å². The zero-order valence-electron chi connectivity index (χ0n) is 14.9. The standard InChI is InChI=1S/C19H23ClNO4P/c1-12(21)13-8-4-5-9-14(13)17-19(2,3)18(25-26(22,23)24-17)15-10-6-7-11-16(15)20/h4-12,17-18H,21H2,1-3H3,(H,22,23)/t12-,17?,18-/m0/s1. The maximum absolute atomic E-state index is 12.5. The molecule has 4 atom stereocenters. The third-order valence-electron chi connectivity index (χ3n) is 4.79. The summed E-state index contributed by atoms with van der Waals surface area (Å²) in [6.07, 6.45) is -1.40. The largest absolute Gasteiger partial charge is 0.473 e. The second-order valence-electron chi connectivity index (χ2n) is 7.20. The Labute approximate surface area is 158 Å². The zero-order valence-corrected chi connectivity index (χ0v) is 16.6. The summed E-state index contributed by atoms with van der Waals surface area (Å²) < 4.78 is 23.5. The summed E-state index contributed by atoms with van der Waals surface area (Å²) in [6, 6.07) is 14.4. The lowest BCUT2D eigenvalue weighted by atomic mass is 9.74. The molecule has 1 aliphatic rings. The van der Waals surface area contributed by atoms with Crippen molar-refractivity contribution in [2.45, 2.75) is 39.0 Å². The fraction of sp³-hybridized carbons (Fsp3) is 0.368. The van der Waals surface area contributed by atoms with Crippen molar-refractivity contribution in [3.05, 3.63) is 70.2 Å². The first-order valence-corrected chi connectivity index (χ1v) is 10.3. The minimum atomic E-state index is -4.28. The predicted octanol–water partition coefficient (Wildman–Crippen LogP) is 5.32. The van der Waals surface area contributed by atoms with Gasteiger partial charge in [-0.05, 0) is 24.1 Å². The van der Waals surface area contributed by atoms with Gasteiger partial charge in [-0.1, -0.05) is 67.9 Å². The summed E-state index contributed by atoms with van der Waals surface area (Å²) in [5.74, 6) is 0. The fourth-order valence-corrected chi connectivity index (χ4v) is 5.06. The van der Waals surface area contributed by atoms with Crippen LogP contribution in [0.25, 0.3) is 0 Å². The third-order valence-corrected chi connectivity index (χ3v) is 6.08. The topological polar surface area (TPSA) is 81.8 Å². The Kier molecular flexibility index (Phi) is 5.33. The molecule has 2 unspecified atom stereocenters. The van der Waals surface area contributed by atoms with Crippen molar-refractivity contribution in [1.29, 1.82) is 0 Å². The van der Waals surface area contributed by atoms with Gasteiger partial charge in [0.25, 0.3) is 0 Å². The molecule has 0 aliphatic carbocycles. The van der Waals surface area contributed by atoms with Crippen molar-refractivity contribution >= 4 is 19.4 Å². The van der Waals surface area contributed by atoms with E-state index in [0.717, 1.165) is 11.1 Å². The van der Waals surface area contributed by atoms with Crippen molar-refractivity contribution in [2.75, 3.05) is 0 Å². The summed E-state index contributed by atoms with van der Waals surface area (Å²) in [5.41, 5.74) is 7.73. The second-order valence-corrected chi connectivity index (χ2v) is 8.97. The Bertz CT molecular complexity index is 855. The van der Waals surface area contributed by atoms with Crippen molar-refractivity contribution in [1.82, 2.24) is 0 Å². The summed E-state index contributed by atoms with van der Waals surface area (Å²) >= 11 is 6.34. The smallest absolute Gasteiger partial charge is 0.324 e. The maximum atomic E-state index is 12.5. The van der Waals surface area contributed by atoms with Crippen LogP contribution in [0, 0.1) is 5.41 Å². The molecule has 1 aliphatic heterocycles. The Hall–Kier alpha value is -1.20. The van der Waals surface area contributed by atoms with Crippen LogP contribution in [0.2, 0.25) is 5.02 Å². The van der Waals surface area contributed by atoms with E-state index in [1.165, 1.54) is 0 Å². The molecule has 3 N–H and O–H groups in total. The first-order chi connectivity index (χ1) is 12.1. The van der Waals surface area contributed by atoms with Crippen molar-refractivity contribution in [2.24, 2.45) is 11.1 Å². The van der Waals surface area contributed by atoms with Gasteiger partial charge in [0.1, 0.15) is 12.2 Å². The van der Waals surface area contributed by atoms with Gasteiger partial charge in [0.2, 0.25) is 0 Å². The lowest BCUT2D eigenvalue weighted by Gasteiger charge is -2.46. The molecule has 140 valence electrons. The lowest BCUT2D eigenvalue weighted by Crippen LogP contribution is -2.37. The highest BCUT2D eigenvalue weighted by molar-refractivity contribution is 7.47. The van der Waals surface area contributed by atoms with Gasteiger partial charge in [0.05, 0.1) is 0 Å². The van der Waals surface area contributed by atoms with Gasteiger partial charge < -0.3 is 10.6 Å². The van der Waals surface area contributed by atoms with Crippen LogP contribution in [0.15, 0.2) is 48.5 Å². The number of phosphoric acid groups is 1. The highest BCUT2D eigenvalue weighted by atomic mass is 35.5. The van der Waals surface area contributed by atoms with E-state index in [2.05, 4.69) is 0 Å². The van der Waals surface area contributed by atoms with E-state index in [0.29, 0.717) is 10.6 Å². The molecule has 26 heavy (non-hydrogen) atoms. The van der Waals surface area contributed by atoms with Crippen LogP contribution < -0.4 is 5.73 Å². The van der Waals surface area contributed by atoms with Crippen molar-refractivity contribution in [3.8, 4) is 0 Å². The van der Waals surface area contributed by atoms with Gasteiger partial charge in [0.15, 0.2) is 0 Å². The molecular formula is C19H23ClNO4P. The number of hydrogen-bond donors (Lipinski definition) is 2. The van der Waals surface area contributed by atoms with E-state index < -0.39 is 25.4 Å². The average Bonchev–Trinajstić information content (AvgIpc) is 2.57. The summed E-state index contributed by atoms with van der Waals surface area (Å²) in [7, 11) is -4.28. The average molecular weight is 396 g/mol. The van der Waals surface area contributed by atoms with Crippen LogP contribution >= 0.6 is 19.4 Å². The molecule has 5 nitrogen and oxygen atoms in total. The van der Waals surface area contributed by atoms with Crippen LogP contribution in [-0.2, 0) is 13.6 Å². The molecule has 0 aromatic heterocycles. The van der Waals surface area contributed by atoms with Gasteiger partial charge in [-0.3, -0.25) is 9.05 Å². The molecule has 1 saturated heterocycles. The van der Waals surface area contributed by atoms with E-state index in [4.69, 9.17) is 26.4 Å². The molecule has 3 rings (SSSR count). The first kappa shape index (κ1) is 19.6. The first-order valence-electron chi connectivity index (χ1n) is 8.42. The van der Waals surface area contributed by atoms with Crippen LogP contribution in [0.5, 0.6) is 0 Å². The second kappa shape index (κ2) is 7.08. The minimum Gasteiger partial charge on any atom is -0.324 e. The molecule has 0 bridgehead atoms. The molecule has 7 heteroatoms. The molecule has 0 radical (unpaired) electrons. The van der Waals surface area contributed by atoms with Gasteiger partial charge in [-0.15, -0.1) is 0 Å². The van der Waals surface area contributed by atoms with Crippen molar-refractivity contribution < 1.29 is 18.5 Å². The number of nitrogens with two attached hydrogens (primary N) is 1. The van der Waals surface area contributed by atoms with Crippen molar-refractivity contribution in [3.63, 3.8) is 0 Å². The van der Waals surface area contributed by atoms with Gasteiger partial charge in [0, 0.05) is 22.0 Å². The van der Waals surface area contributed by atoms with E-state index in [-0.39, 0.29) is 6.04 Å². The fourth-order valence-electron chi connectivity index (χ4n) is 3.47. The van der Waals surface area contributed by atoms with E-state index in [1.807, 2.05) is 51.1 Å². The monoisotopic (exact) mass is 395 g/mol. The van der Waals surface area contributed by atoms with Gasteiger partial charge in [-0.2, -0.15) is 0 Å². The Morgan fingerprint density at radius 3 is 2.15 bits per heavy atom. The normalized spacial score (nSPS) is 29.3. The molecular weight excluding hydrogens is 373 g/mol. The van der Waals surface area contributed by atoms with Crippen LogP contribution in [0.3, 0.4) is 0 Å². The van der Waals surface area contributed by atoms with Gasteiger partial charge >= 0.3 is 7.82 Å².